The van der Waals surface area contributed by atoms with Crippen molar-refractivity contribution < 1.29 is 18.9 Å². The normalized spacial score (nSPS) is 27.6. The standard InChI is InChI=1S/C20H38O4/c1-4-6-7-18(5-2)10-21-13-20(15-23-16-20)14-22-11-19-9-8-17(3)24-12-19/h17-19H,4-16H2,1-3H3. The second-order valence-electron chi connectivity index (χ2n) is 8.03. The van der Waals surface area contributed by atoms with E-state index in [9.17, 15) is 0 Å². The van der Waals surface area contributed by atoms with Crippen LogP contribution in [0.25, 0.3) is 0 Å². The number of hydrogen-bond acceptors (Lipinski definition) is 4. The molecule has 142 valence electrons. The highest BCUT2D eigenvalue weighted by Gasteiger charge is 2.39. The Balaban J connectivity index is 1.60. The molecule has 3 unspecified atom stereocenters. The molecule has 0 amide bonds. The minimum atomic E-state index is 0.0892. The van der Waals surface area contributed by atoms with Gasteiger partial charge < -0.3 is 18.9 Å². The Bertz CT molecular complexity index is 309. The van der Waals surface area contributed by atoms with Crippen LogP contribution < -0.4 is 0 Å². The Labute approximate surface area is 148 Å². The lowest BCUT2D eigenvalue weighted by molar-refractivity contribution is -0.183. The molecule has 2 aliphatic heterocycles. The van der Waals surface area contributed by atoms with Crippen LogP contribution in [0.15, 0.2) is 0 Å². The first kappa shape index (κ1) is 20.2. The molecular weight excluding hydrogens is 304 g/mol. The van der Waals surface area contributed by atoms with Crippen molar-refractivity contribution in [2.45, 2.75) is 65.4 Å². The molecular formula is C20H38O4. The summed E-state index contributed by atoms with van der Waals surface area (Å²) in [5.41, 5.74) is 0.0892. The molecule has 4 nitrogen and oxygen atoms in total. The molecule has 4 heteroatoms. The van der Waals surface area contributed by atoms with Gasteiger partial charge in [-0.05, 0) is 32.1 Å². The molecule has 24 heavy (non-hydrogen) atoms. The number of rotatable bonds is 12. The van der Waals surface area contributed by atoms with Crippen LogP contribution in [0, 0.1) is 17.3 Å². The van der Waals surface area contributed by atoms with Gasteiger partial charge in [0, 0.05) is 12.5 Å². The fourth-order valence-corrected chi connectivity index (χ4v) is 3.45. The maximum Gasteiger partial charge on any atom is 0.0637 e. The number of ether oxygens (including phenoxy) is 4. The molecule has 0 spiro atoms. The van der Waals surface area contributed by atoms with Crippen molar-refractivity contribution in [1.29, 1.82) is 0 Å². The first-order valence-electron chi connectivity index (χ1n) is 10.0. The van der Waals surface area contributed by atoms with Gasteiger partial charge in [0.2, 0.25) is 0 Å². The predicted octanol–water partition coefficient (Wildman–Crippen LogP) is 4.07. The summed E-state index contributed by atoms with van der Waals surface area (Å²) in [6, 6.07) is 0. The van der Waals surface area contributed by atoms with Gasteiger partial charge >= 0.3 is 0 Å². The van der Waals surface area contributed by atoms with Gasteiger partial charge in [0.15, 0.2) is 0 Å². The number of unbranched alkanes of at least 4 members (excludes halogenated alkanes) is 1. The van der Waals surface area contributed by atoms with Crippen LogP contribution in [0.2, 0.25) is 0 Å². The summed E-state index contributed by atoms with van der Waals surface area (Å²) in [5, 5.41) is 0. The monoisotopic (exact) mass is 342 g/mol. The smallest absolute Gasteiger partial charge is 0.0637 e. The van der Waals surface area contributed by atoms with E-state index in [4.69, 9.17) is 18.9 Å². The van der Waals surface area contributed by atoms with E-state index in [0.29, 0.717) is 17.9 Å². The Morgan fingerprint density at radius 2 is 1.92 bits per heavy atom. The van der Waals surface area contributed by atoms with Crippen molar-refractivity contribution >= 4 is 0 Å². The molecule has 0 radical (unpaired) electrons. The van der Waals surface area contributed by atoms with Gasteiger partial charge in [0.25, 0.3) is 0 Å². The average Bonchev–Trinajstić information content (AvgIpc) is 2.56. The summed E-state index contributed by atoms with van der Waals surface area (Å²) in [5.74, 6) is 1.25. The minimum Gasteiger partial charge on any atom is -0.380 e. The summed E-state index contributed by atoms with van der Waals surface area (Å²) < 4.78 is 23.3. The second kappa shape index (κ2) is 10.7. The zero-order valence-electron chi connectivity index (χ0n) is 16.1. The lowest BCUT2D eigenvalue weighted by Gasteiger charge is -2.41. The maximum absolute atomic E-state index is 6.06. The van der Waals surface area contributed by atoms with Crippen LogP contribution in [-0.2, 0) is 18.9 Å². The topological polar surface area (TPSA) is 36.9 Å². The molecule has 0 aromatic rings. The molecule has 0 N–H and O–H groups in total. The highest BCUT2D eigenvalue weighted by molar-refractivity contribution is 4.85. The first-order chi connectivity index (χ1) is 11.7. The fourth-order valence-electron chi connectivity index (χ4n) is 3.45. The molecule has 0 aliphatic carbocycles. The third-order valence-electron chi connectivity index (χ3n) is 5.48. The minimum absolute atomic E-state index is 0.0892. The van der Waals surface area contributed by atoms with Crippen LogP contribution in [0.1, 0.15) is 59.3 Å². The highest BCUT2D eigenvalue weighted by atomic mass is 16.5. The van der Waals surface area contributed by atoms with Gasteiger partial charge in [-0.15, -0.1) is 0 Å². The largest absolute Gasteiger partial charge is 0.380 e. The second-order valence-corrected chi connectivity index (χ2v) is 8.03. The van der Waals surface area contributed by atoms with Crippen molar-refractivity contribution in [3.05, 3.63) is 0 Å². The summed E-state index contributed by atoms with van der Waals surface area (Å²) in [4.78, 5) is 0. The molecule has 2 aliphatic rings. The van der Waals surface area contributed by atoms with Crippen LogP contribution in [0.3, 0.4) is 0 Å². The Hall–Kier alpha value is -0.160. The quantitative estimate of drug-likeness (QED) is 0.536. The summed E-state index contributed by atoms with van der Waals surface area (Å²) in [6.07, 6.45) is 7.86. The summed E-state index contributed by atoms with van der Waals surface area (Å²) in [6.45, 7) is 12.3. The summed E-state index contributed by atoms with van der Waals surface area (Å²) in [7, 11) is 0. The average molecular weight is 343 g/mol. The molecule has 2 saturated heterocycles. The molecule has 2 rings (SSSR count). The lowest BCUT2D eigenvalue weighted by Crippen LogP contribution is -2.50. The van der Waals surface area contributed by atoms with E-state index in [1.54, 1.807) is 0 Å². The van der Waals surface area contributed by atoms with Crippen LogP contribution in [-0.4, -0.2) is 52.4 Å². The molecule has 0 saturated carbocycles. The predicted molar refractivity (Wildman–Crippen MR) is 96.3 cm³/mol. The van der Waals surface area contributed by atoms with Crippen LogP contribution in [0.4, 0.5) is 0 Å². The molecule has 0 bridgehead atoms. The molecule has 2 heterocycles. The Morgan fingerprint density at radius 1 is 1.12 bits per heavy atom. The van der Waals surface area contributed by atoms with Gasteiger partial charge in [0.05, 0.1) is 51.2 Å². The fraction of sp³-hybridized carbons (Fsp3) is 1.00. The van der Waals surface area contributed by atoms with Gasteiger partial charge in [0.1, 0.15) is 0 Å². The first-order valence-corrected chi connectivity index (χ1v) is 10.0. The lowest BCUT2D eigenvalue weighted by atomic mass is 9.88. The van der Waals surface area contributed by atoms with E-state index in [2.05, 4.69) is 20.8 Å². The Morgan fingerprint density at radius 3 is 2.50 bits per heavy atom. The van der Waals surface area contributed by atoms with Crippen LogP contribution in [0.5, 0.6) is 0 Å². The molecule has 2 fully saturated rings. The molecule has 0 aromatic carbocycles. The zero-order valence-corrected chi connectivity index (χ0v) is 16.1. The van der Waals surface area contributed by atoms with Gasteiger partial charge in [-0.1, -0.05) is 33.1 Å². The van der Waals surface area contributed by atoms with E-state index >= 15 is 0 Å². The SMILES string of the molecule is CCCCC(CC)COCC1(COCC2CCC(C)OC2)COC1. The van der Waals surface area contributed by atoms with E-state index in [0.717, 1.165) is 52.7 Å². The van der Waals surface area contributed by atoms with Gasteiger partial charge in [-0.3, -0.25) is 0 Å². The van der Waals surface area contributed by atoms with Crippen LogP contribution >= 0.6 is 0 Å². The van der Waals surface area contributed by atoms with Gasteiger partial charge in [-0.2, -0.15) is 0 Å². The highest BCUT2D eigenvalue weighted by Crippen LogP contribution is 2.29. The zero-order chi connectivity index (χ0) is 17.3. The van der Waals surface area contributed by atoms with Crippen molar-refractivity contribution in [1.82, 2.24) is 0 Å². The van der Waals surface area contributed by atoms with Crippen molar-refractivity contribution in [3.63, 3.8) is 0 Å². The molecule has 0 aromatic heterocycles. The van der Waals surface area contributed by atoms with Crippen molar-refractivity contribution in [3.8, 4) is 0 Å². The van der Waals surface area contributed by atoms with Crippen molar-refractivity contribution in [2.75, 3.05) is 46.2 Å². The third-order valence-corrected chi connectivity index (χ3v) is 5.48. The van der Waals surface area contributed by atoms with Gasteiger partial charge in [-0.25, -0.2) is 0 Å². The van der Waals surface area contributed by atoms with E-state index in [1.165, 1.54) is 32.1 Å². The summed E-state index contributed by atoms with van der Waals surface area (Å²) >= 11 is 0. The van der Waals surface area contributed by atoms with E-state index in [-0.39, 0.29) is 5.41 Å². The third kappa shape index (κ3) is 6.62. The van der Waals surface area contributed by atoms with E-state index < -0.39 is 0 Å². The molecule has 3 atom stereocenters. The van der Waals surface area contributed by atoms with Crippen molar-refractivity contribution in [2.24, 2.45) is 17.3 Å². The van der Waals surface area contributed by atoms with E-state index in [1.807, 2.05) is 0 Å². The Kier molecular flexibility index (Phi) is 9.02. The maximum atomic E-state index is 6.06. The number of hydrogen-bond donors (Lipinski definition) is 0.